The van der Waals surface area contributed by atoms with Gasteiger partial charge in [0.1, 0.15) is 0 Å². The lowest BCUT2D eigenvalue weighted by Crippen LogP contribution is -2.34. The number of hydrogen-bond acceptors (Lipinski definition) is 6. The summed E-state index contributed by atoms with van der Waals surface area (Å²) < 4.78 is 0. The molecule has 1 aliphatic rings. The highest BCUT2D eigenvalue weighted by Crippen LogP contribution is 2.27. The second-order valence-electron chi connectivity index (χ2n) is 5.84. The number of β-amino-alcohol motifs (C(OH)–C–C–N with tert-alkyl or cyclic N) is 1. The fourth-order valence-electron chi connectivity index (χ4n) is 2.65. The van der Waals surface area contributed by atoms with Crippen LogP contribution in [0.2, 0.25) is 0 Å². The largest absolute Gasteiger partial charge is 0.391 e. The number of aliphatic hydroxyl groups excluding tert-OH is 1. The van der Waals surface area contributed by atoms with E-state index in [1.807, 2.05) is 31.2 Å². The normalized spacial score (nSPS) is 18.7. The summed E-state index contributed by atoms with van der Waals surface area (Å²) in [4.78, 5) is 17.9. The van der Waals surface area contributed by atoms with Gasteiger partial charge in [-0.1, -0.05) is 12.1 Å². The summed E-state index contributed by atoms with van der Waals surface area (Å²) in [6, 6.07) is 7.62. The molecule has 1 aliphatic heterocycles. The Morgan fingerprint density at radius 1 is 1.38 bits per heavy atom. The number of aromatic nitrogens is 1. The molecule has 1 aromatic carbocycles. The van der Waals surface area contributed by atoms with Gasteiger partial charge in [0.15, 0.2) is 0 Å². The fourth-order valence-corrected chi connectivity index (χ4v) is 4.31. The Bertz CT molecular complexity index is 715. The van der Waals surface area contributed by atoms with Crippen LogP contribution in [0.1, 0.15) is 21.1 Å². The first-order valence-electron chi connectivity index (χ1n) is 7.93. The predicted molar refractivity (Wildman–Crippen MR) is 112 cm³/mol. The number of hydrogen-bond donors (Lipinski definition) is 3. The Hall–Kier alpha value is -0.830. The lowest BCUT2D eigenvalue weighted by molar-refractivity contribution is 0.0924. The summed E-state index contributed by atoms with van der Waals surface area (Å²) in [6.45, 7) is 3.81. The van der Waals surface area contributed by atoms with E-state index in [0.717, 1.165) is 27.9 Å². The maximum absolute atomic E-state index is 12.5. The molecule has 2 atom stereocenters. The number of nitrogens with one attached hydrogen (secondary N) is 2. The molecule has 0 saturated carbocycles. The monoisotopic (exact) mass is 435 g/mol. The Morgan fingerprint density at radius 3 is 2.81 bits per heavy atom. The van der Waals surface area contributed by atoms with Crippen LogP contribution < -0.4 is 10.6 Å². The van der Waals surface area contributed by atoms with Gasteiger partial charge in [-0.05, 0) is 19.1 Å². The molecule has 0 spiro atoms. The average molecular weight is 436 g/mol. The molecule has 3 N–H and O–H groups in total. The minimum absolute atomic E-state index is 0. The zero-order valence-electron chi connectivity index (χ0n) is 14.3. The molecule has 0 bridgehead atoms. The molecular weight excluding hydrogens is 413 g/mol. The quantitative estimate of drug-likeness (QED) is 0.608. The standard InChI is InChI=1S/C17H21N3O2S2.2ClH/c1-11-20-13(9-23-11)10-24-16-5-3-2-4-14(16)17(22)19-7-12-6-18-8-15(12)21;;/h2-5,9,12,15,18,21H,6-8,10H2,1H3,(H,19,22);2*1H. The Kier molecular flexibility index (Phi) is 9.92. The van der Waals surface area contributed by atoms with Crippen LogP contribution in [0.25, 0.3) is 0 Å². The third kappa shape index (κ3) is 6.11. The van der Waals surface area contributed by atoms with Crippen molar-refractivity contribution in [1.82, 2.24) is 15.6 Å². The summed E-state index contributed by atoms with van der Waals surface area (Å²) in [7, 11) is 0. The summed E-state index contributed by atoms with van der Waals surface area (Å²) in [5, 5.41) is 19.0. The van der Waals surface area contributed by atoms with Crippen molar-refractivity contribution in [3.8, 4) is 0 Å². The number of rotatable bonds is 6. The molecule has 1 aromatic heterocycles. The molecule has 2 aromatic rings. The zero-order chi connectivity index (χ0) is 16.9. The topological polar surface area (TPSA) is 74.2 Å². The van der Waals surface area contributed by atoms with Crippen LogP contribution in [-0.2, 0) is 5.75 Å². The molecule has 26 heavy (non-hydrogen) atoms. The van der Waals surface area contributed by atoms with Crippen molar-refractivity contribution in [2.24, 2.45) is 5.92 Å². The lowest BCUT2D eigenvalue weighted by atomic mass is 10.1. The van der Waals surface area contributed by atoms with E-state index in [-0.39, 0.29) is 42.7 Å². The second kappa shape index (κ2) is 11.1. The van der Waals surface area contributed by atoms with Gasteiger partial charge in [0, 0.05) is 41.6 Å². The highest BCUT2D eigenvalue weighted by Gasteiger charge is 2.25. The van der Waals surface area contributed by atoms with Gasteiger partial charge in [-0.25, -0.2) is 4.98 Å². The van der Waals surface area contributed by atoms with Crippen LogP contribution in [0.15, 0.2) is 34.5 Å². The van der Waals surface area contributed by atoms with Crippen molar-refractivity contribution in [2.75, 3.05) is 19.6 Å². The summed E-state index contributed by atoms with van der Waals surface area (Å²) in [5.74, 6) is 0.735. The van der Waals surface area contributed by atoms with Crippen molar-refractivity contribution in [3.05, 3.63) is 45.9 Å². The molecule has 9 heteroatoms. The van der Waals surface area contributed by atoms with E-state index in [1.165, 1.54) is 0 Å². The van der Waals surface area contributed by atoms with E-state index >= 15 is 0 Å². The number of nitrogens with zero attached hydrogens (tertiary/aromatic N) is 1. The average Bonchev–Trinajstić information content (AvgIpc) is 3.19. The molecule has 1 amide bonds. The zero-order valence-corrected chi connectivity index (χ0v) is 17.6. The highest BCUT2D eigenvalue weighted by atomic mass is 35.5. The van der Waals surface area contributed by atoms with Gasteiger partial charge in [0.25, 0.3) is 5.91 Å². The van der Waals surface area contributed by atoms with Crippen LogP contribution >= 0.6 is 47.9 Å². The lowest BCUT2D eigenvalue weighted by Gasteiger charge is -2.15. The molecule has 5 nitrogen and oxygen atoms in total. The minimum atomic E-state index is -0.386. The second-order valence-corrected chi connectivity index (χ2v) is 7.92. The highest BCUT2D eigenvalue weighted by molar-refractivity contribution is 7.98. The van der Waals surface area contributed by atoms with E-state index in [9.17, 15) is 9.90 Å². The number of thioether (sulfide) groups is 1. The number of benzene rings is 1. The third-order valence-corrected chi connectivity index (χ3v) is 5.93. The smallest absolute Gasteiger partial charge is 0.252 e. The van der Waals surface area contributed by atoms with Gasteiger partial charge in [0.05, 0.1) is 22.4 Å². The number of carbonyl (C=O) groups excluding carboxylic acids is 1. The molecule has 2 unspecified atom stereocenters. The van der Waals surface area contributed by atoms with Crippen molar-refractivity contribution in [2.45, 2.75) is 23.7 Å². The maximum atomic E-state index is 12.5. The first-order valence-corrected chi connectivity index (χ1v) is 9.80. The first-order chi connectivity index (χ1) is 11.6. The molecule has 0 aliphatic carbocycles. The van der Waals surface area contributed by atoms with Gasteiger partial charge in [-0.15, -0.1) is 47.9 Å². The van der Waals surface area contributed by atoms with Gasteiger partial charge in [-0.3, -0.25) is 4.79 Å². The van der Waals surface area contributed by atoms with Crippen molar-refractivity contribution in [1.29, 1.82) is 0 Å². The summed E-state index contributed by atoms with van der Waals surface area (Å²) in [6.07, 6.45) is -0.386. The molecule has 1 saturated heterocycles. The van der Waals surface area contributed by atoms with E-state index < -0.39 is 0 Å². The van der Waals surface area contributed by atoms with Gasteiger partial charge in [-0.2, -0.15) is 0 Å². The third-order valence-electron chi connectivity index (χ3n) is 4.00. The molecule has 3 rings (SSSR count). The first kappa shape index (κ1) is 23.2. The van der Waals surface area contributed by atoms with Crippen LogP contribution in [0.5, 0.6) is 0 Å². The number of carbonyl (C=O) groups is 1. The van der Waals surface area contributed by atoms with Crippen molar-refractivity contribution >= 4 is 53.8 Å². The Labute approximate surface area is 174 Å². The van der Waals surface area contributed by atoms with Gasteiger partial charge in [0.2, 0.25) is 0 Å². The van der Waals surface area contributed by atoms with E-state index in [4.69, 9.17) is 0 Å². The Morgan fingerprint density at radius 2 is 2.15 bits per heavy atom. The van der Waals surface area contributed by atoms with Crippen molar-refractivity contribution < 1.29 is 9.90 Å². The van der Waals surface area contributed by atoms with Crippen LogP contribution in [0, 0.1) is 12.8 Å². The van der Waals surface area contributed by atoms with Gasteiger partial charge < -0.3 is 15.7 Å². The number of halogens is 2. The SMILES string of the molecule is Cc1nc(CSc2ccccc2C(=O)NCC2CNCC2O)cs1.Cl.Cl. The van der Waals surface area contributed by atoms with E-state index in [2.05, 4.69) is 21.0 Å². The van der Waals surface area contributed by atoms with E-state index in [1.54, 1.807) is 23.1 Å². The van der Waals surface area contributed by atoms with E-state index in [0.29, 0.717) is 18.7 Å². The number of aliphatic hydroxyl groups is 1. The Balaban J connectivity index is 0.00000169. The molecular formula is C17H23Cl2N3O2S2. The minimum Gasteiger partial charge on any atom is -0.391 e. The number of thiazole rings is 1. The number of amides is 1. The number of aryl methyl sites for hydroxylation is 1. The molecule has 1 fully saturated rings. The molecule has 0 radical (unpaired) electrons. The molecule has 144 valence electrons. The summed E-state index contributed by atoms with van der Waals surface area (Å²) in [5.41, 5.74) is 1.72. The van der Waals surface area contributed by atoms with Crippen LogP contribution in [-0.4, -0.2) is 41.7 Å². The van der Waals surface area contributed by atoms with Gasteiger partial charge >= 0.3 is 0 Å². The van der Waals surface area contributed by atoms with Crippen molar-refractivity contribution in [3.63, 3.8) is 0 Å². The summed E-state index contributed by atoms with van der Waals surface area (Å²) >= 11 is 3.26. The fraction of sp³-hybridized carbons (Fsp3) is 0.412. The predicted octanol–water partition coefficient (Wildman–Crippen LogP) is 2.90. The van der Waals surface area contributed by atoms with Crippen LogP contribution in [0.3, 0.4) is 0 Å². The maximum Gasteiger partial charge on any atom is 0.252 e. The molecule has 2 heterocycles. The van der Waals surface area contributed by atoms with Crippen LogP contribution in [0.4, 0.5) is 0 Å².